The largest absolute Gasteiger partial charge is 0.369 e. The molecule has 1 fully saturated rings. The number of nitrogens with one attached hydrogen (secondary N) is 1. The average molecular weight is 376 g/mol. The molecule has 0 radical (unpaired) electrons. The van der Waals surface area contributed by atoms with Gasteiger partial charge in [0.25, 0.3) is 0 Å². The van der Waals surface area contributed by atoms with Crippen LogP contribution in [0.3, 0.4) is 0 Å². The number of fused-ring (bicyclic) bond motifs is 1. The van der Waals surface area contributed by atoms with Gasteiger partial charge < -0.3 is 15.0 Å². The topological polar surface area (TPSA) is 58.6 Å². The van der Waals surface area contributed by atoms with Crippen LogP contribution in [0.2, 0.25) is 0 Å². The van der Waals surface area contributed by atoms with Crippen molar-refractivity contribution in [3.05, 3.63) is 76.9 Å². The summed E-state index contributed by atoms with van der Waals surface area (Å²) in [5.41, 5.74) is 4.61. The fourth-order valence-corrected chi connectivity index (χ4v) is 3.79. The van der Waals surface area contributed by atoms with Gasteiger partial charge >= 0.3 is 0 Å². The maximum atomic E-state index is 12.9. The monoisotopic (exact) mass is 376 g/mol. The van der Waals surface area contributed by atoms with Gasteiger partial charge in [-0.3, -0.25) is 9.59 Å². The zero-order valence-corrected chi connectivity index (χ0v) is 15.8. The number of ether oxygens (including phenoxy) is 1. The zero-order valence-electron chi connectivity index (χ0n) is 15.8. The van der Waals surface area contributed by atoms with E-state index < -0.39 is 6.04 Å². The minimum absolute atomic E-state index is 0.0214. The van der Waals surface area contributed by atoms with E-state index in [-0.39, 0.29) is 25.0 Å². The number of aryl methyl sites for hydroxylation is 1. The van der Waals surface area contributed by atoms with Crippen molar-refractivity contribution in [3.63, 3.8) is 0 Å². The molecule has 0 saturated carbocycles. The van der Waals surface area contributed by atoms with Gasteiger partial charge in [0.2, 0.25) is 11.8 Å². The Hall–Kier alpha value is -2.92. The average Bonchev–Trinajstić information content (AvgIpc) is 2.74. The van der Waals surface area contributed by atoms with Crippen molar-refractivity contribution >= 4 is 17.9 Å². The maximum absolute atomic E-state index is 12.9. The van der Waals surface area contributed by atoms with E-state index in [1.165, 1.54) is 11.1 Å². The molecular formula is C23H24N2O3. The number of morpholine rings is 1. The van der Waals surface area contributed by atoms with E-state index in [9.17, 15) is 9.59 Å². The third-order valence-electron chi connectivity index (χ3n) is 5.30. The Labute approximate surface area is 165 Å². The second-order valence-electron chi connectivity index (χ2n) is 7.19. The van der Waals surface area contributed by atoms with Crippen molar-refractivity contribution < 1.29 is 14.3 Å². The Balaban J connectivity index is 1.46. The molecule has 1 aliphatic carbocycles. The quantitative estimate of drug-likeness (QED) is 0.873. The lowest BCUT2D eigenvalue weighted by atomic mass is 9.93. The molecule has 1 heterocycles. The van der Waals surface area contributed by atoms with E-state index in [4.69, 9.17) is 4.74 Å². The second kappa shape index (κ2) is 8.40. The van der Waals surface area contributed by atoms with Crippen LogP contribution in [0.1, 0.15) is 28.7 Å². The molecule has 5 nitrogen and oxygen atoms in total. The number of benzene rings is 2. The van der Waals surface area contributed by atoms with Gasteiger partial charge in [0.1, 0.15) is 12.6 Å². The molecule has 5 heteroatoms. The van der Waals surface area contributed by atoms with Gasteiger partial charge in [0.15, 0.2) is 0 Å². The van der Waals surface area contributed by atoms with Gasteiger partial charge in [-0.1, -0.05) is 60.7 Å². The Bertz CT molecular complexity index is 892. The summed E-state index contributed by atoms with van der Waals surface area (Å²) in [7, 11) is 0. The predicted molar refractivity (Wildman–Crippen MR) is 107 cm³/mol. The number of rotatable bonds is 5. The number of carbonyl (C=O) groups is 2. The summed E-state index contributed by atoms with van der Waals surface area (Å²) in [6, 6.07) is 15.3. The minimum Gasteiger partial charge on any atom is -0.369 e. The Morgan fingerprint density at radius 3 is 2.86 bits per heavy atom. The highest BCUT2D eigenvalue weighted by Gasteiger charge is 2.34. The van der Waals surface area contributed by atoms with Crippen LogP contribution in [0.4, 0.5) is 0 Å². The molecule has 1 saturated heterocycles. The Kier molecular flexibility index (Phi) is 5.53. The van der Waals surface area contributed by atoms with Gasteiger partial charge in [-0.2, -0.15) is 0 Å². The molecule has 1 aliphatic heterocycles. The lowest BCUT2D eigenvalue weighted by molar-refractivity contribution is -0.155. The molecular weight excluding hydrogens is 352 g/mol. The maximum Gasteiger partial charge on any atom is 0.249 e. The van der Waals surface area contributed by atoms with Crippen LogP contribution in [-0.2, 0) is 33.8 Å². The molecule has 1 N–H and O–H groups in total. The van der Waals surface area contributed by atoms with Crippen LogP contribution in [0.25, 0.3) is 6.08 Å². The molecule has 2 aliphatic rings. The smallest absolute Gasteiger partial charge is 0.249 e. The second-order valence-corrected chi connectivity index (χ2v) is 7.19. The zero-order chi connectivity index (χ0) is 19.3. The van der Waals surface area contributed by atoms with Crippen LogP contribution >= 0.6 is 0 Å². The van der Waals surface area contributed by atoms with Crippen LogP contribution < -0.4 is 5.32 Å². The molecule has 0 bridgehead atoms. The van der Waals surface area contributed by atoms with Crippen molar-refractivity contribution in [2.75, 3.05) is 13.2 Å². The lowest BCUT2D eigenvalue weighted by Gasteiger charge is -2.34. The Morgan fingerprint density at radius 2 is 2.00 bits per heavy atom. The summed E-state index contributed by atoms with van der Waals surface area (Å²) in [6.45, 7) is 1.09. The van der Waals surface area contributed by atoms with E-state index in [1.54, 1.807) is 4.90 Å². The molecule has 0 aromatic heterocycles. The molecule has 144 valence electrons. The van der Waals surface area contributed by atoms with Gasteiger partial charge in [-0.15, -0.1) is 0 Å². The van der Waals surface area contributed by atoms with Crippen LogP contribution in [0.15, 0.2) is 54.6 Å². The third kappa shape index (κ3) is 3.99. The fraction of sp³-hybridized carbons (Fsp3) is 0.304. The van der Waals surface area contributed by atoms with E-state index in [2.05, 4.69) is 23.5 Å². The molecule has 1 atom stereocenters. The Morgan fingerprint density at radius 1 is 1.14 bits per heavy atom. The SMILES string of the molecule is O=C(NCc1cccc2c1C=CCC2)C1COCC(=O)N1Cc1ccccc1. The lowest BCUT2D eigenvalue weighted by Crippen LogP contribution is -2.55. The third-order valence-corrected chi connectivity index (χ3v) is 5.30. The van der Waals surface area contributed by atoms with Crippen molar-refractivity contribution in [1.29, 1.82) is 0 Å². The van der Waals surface area contributed by atoms with Crippen molar-refractivity contribution in [2.24, 2.45) is 0 Å². The number of carbonyl (C=O) groups excluding carboxylic acids is 2. The van der Waals surface area contributed by atoms with Gasteiger partial charge in [0.05, 0.1) is 6.61 Å². The first-order chi connectivity index (χ1) is 13.7. The molecule has 1 unspecified atom stereocenters. The number of nitrogens with zero attached hydrogens (tertiary/aromatic N) is 1. The first-order valence-corrected chi connectivity index (χ1v) is 9.68. The number of amides is 2. The number of allylic oxidation sites excluding steroid dienone is 1. The number of hydrogen-bond acceptors (Lipinski definition) is 3. The van der Waals surface area contributed by atoms with Crippen LogP contribution in [-0.4, -0.2) is 36.0 Å². The first-order valence-electron chi connectivity index (χ1n) is 9.68. The van der Waals surface area contributed by atoms with E-state index in [0.717, 1.165) is 24.0 Å². The summed E-state index contributed by atoms with van der Waals surface area (Å²) < 4.78 is 5.36. The molecule has 2 aromatic carbocycles. The first kappa shape index (κ1) is 18.4. The van der Waals surface area contributed by atoms with E-state index >= 15 is 0 Å². The van der Waals surface area contributed by atoms with Crippen LogP contribution in [0.5, 0.6) is 0 Å². The van der Waals surface area contributed by atoms with E-state index in [0.29, 0.717) is 13.1 Å². The van der Waals surface area contributed by atoms with Crippen LogP contribution in [0, 0.1) is 0 Å². The fourth-order valence-electron chi connectivity index (χ4n) is 3.79. The molecule has 2 amide bonds. The summed E-state index contributed by atoms with van der Waals surface area (Å²) in [4.78, 5) is 26.9. The normalized spacial score (nSPS) is 18.6. The van der Waals surface area contributed by atoms with Gasteiger partial charge in [-0.05, 0) is 35.1 Å². The number of hydrogen-bond donors (Lipinski definition) is 1. The summed E-state index contributed by atoms with van der Waals surface area (Å²) in [6.07, 6.45) is 6.39. The molecule has 28 heavy (non-hydrogen) atoms. The van der Waals surface area contributed by atoms with Crippen molar-refractivity contribution in [2.45, 2.75) is 32.0 Å². The summed E-state index contributed by atoms with van der Waals surface area (Å²) >= 11 is 0. The molecule has 4 rings (SSSR count). The highest BCUT2D eigenvalue weighted by Crippen LogP contribution is 2.23. The molecule has 2 aromatic rings. The highest BCUT2D eigenvalue weighted by atomic mass is 16.5. The van der Waals surface area contributed by atoms with Gasteiger partial charge in [0, 0.05) is 13.1 Å². The highest BCUT2D eigenvalue weighted by molar-refractivity contribution is 5.89. The van der Waals surface area contributed by atoms with Crippen molar-refractivity contribution in [1.82, 2.24) is 10.2 Å². The minimum atomic E-state index is -0.614. The predicted octanol–water partition coefficient (Wildman–Crippen LogP) is 2.69. The van der Waals surface area contributed by atoms with Crippen molar-refractivity contribution in [3.8, 4) is 0 Å². The molecule has 0 spiro atoms. The van der Waals surface area contributed by atoms with Gasteiger partial charge in [-0.25, -0.2) is 0 Å². The summed E-state index contributed by atoms with van der Waals surface area (Å²) in [5, 5.41) is 3.01. The standard InChI is InChI=1S/C23H24N2O3/c26-22-16-28-15-21(25(22)14-17-7-2-1-3-8-17)23(27)24-13-19-11-6-10-18-9-4-5-12-20(18)19/h1-3,5-8,10-12,21H,4,9,13-16H2,(H,24,27). The summed E-state index contributed by atoms with van der Waals surface area (Å²) in [5.74, 6) is -0.336. The van der Waals surface area contributed by atoms with E-state index in [1.807, 2.05) is 42.5 Å².